The van der Waals surface area contributed by atoms with Crippen LogP contribution in [0.25, 0.3) is 0 Å². The van der Waals surface area contributed by atoms with Crippen LogP contribution in [0.1, 0.15) is 16.8 Å². The van der Waals surface area contributed by atoms with Gasteiger partial charge in [0, 0.05) is 5.56 Å². The highest BCUT2D eigenvalue weighted by Crippen LogP contribution is 2.65. The number of imide groups is 1. The highest BCUT2D eigenvalue weighted by Gasteiger charge is 2.67. The number of nitrogens with zero attached hydrogens (tertiary/aromatic N) is 1. The maximum Gasteiger partial charge on any atom is 0.255 e. The molecule has 2 aromatic rings. The normalized spacial score (nSPS) is 32.1. The first-order valence-corrected chi connectivity index (χ1v) is 11.1. The molecule has 2 aromatic carbocycles. The number of anilines is 2. The van der Waals surface area contributed by atoms with Crippen LogP contribution in [0.15, 0.2) is 54.6 Å². The molecule has 2 saturated carbocycles. The monoisotopic (exact) mass is 452 g/mol. The topological polar surface area (TPSA) is 66.5 Å². The molecule has 7 rings (SSSR count). The van der Waals surface area contributed by atoms with E-state index in [0.29, 0.717) is 33.8 Å². The molecule has 0 spiro atoms. The van der Waals surface area contributed by atoms with Gasteiger partial charge in [-0.15, -0.1) is 0 Å². The number of rotatable bonds is 3. The average Bonchev–Trinajstić information content (AvgIpc) is 3.55. The van der Waals surface area contributed by atoms with Gasteiger partial charge in [-0.05, 0) is 66.5 Å². The third-order valence-corrected chi connectivity index (χ3v) is 8.07. The summed E-state index contributed by atoms with van der Waals surface area (Å²) < 4.78 is 0. The lowest BCUT2D eigenvalue weighted by Gasteiger charge is -2.37. The first kappa shape index (κ1) is 19.1. The number of carbonyl (C=O) groups is 3. The molecule has 3 fully saturated rings. The standard InChI is InChI=1S/C24H18Cl2N2O3/c25-17-2-1-3-18(21(17)26)27-22(29)11-4-6-12(7-5-11)28-23(30)19-13-8-9-14(16-10-15(13)16)20(19)24(28)31/h1-9,13-16,19-20H,10H2,(H,27,29)/t13-,14-,15-,16-,19+,20+/m1/s1. The van der Waals surface area contributed by atoms with Gasteiger partial charge in [0.2, 0.25) is 11.8 Å². The number of carbonyl (C=O) groups excluding carboxylic acids is 3. The molecule has 31 heavy (non-hydrogen) atoms. The number of benzene rings is 2. The largest absolute Gasteiger partial charge is 0.321 e. The maximum absolute atomic E-state index is 13.2. The van der Waals surface area contributed by atoms with Gasteiger partial charge in [-0.1, -0.05) is 41.4 Å². The van der Waals surface area contributed by atoms with E-state index >= 15 is 0 Å². The number of amides is 3. The summed E-state index contributed by atoms with van der Waals surface area (Å²) >= 11 is 12.1. The number of hydrogen-bond donors (Lipinski definition) is 1. The van der Waals surface area contributed by atoms with Crippen molar-refractivity contribution in [3.63, 3.8) is 0 Å². The fraction of sp³-hybridized carbons (Fsp3) is 0.292. The molecule has 3 amide bonds. The van der Waals surface area contributed by atoms with E-state index in [1.165, 1.54) is 4.90 Å². The van der Waals surface area contributed by atoms with Gasteiger partial charge in [-0.3, -0.25) is 19.3 Å². The van der Waals surface area contributed by atoms with Crippen molar-refractivity contribution >= 4 is 52.3 Å². The second kappa shape index (κ2) is 6.68. The van der Waals surface area contributed by atoms with Crippen LogP contribution in [-0.2, 0) is 9.59 Å². The summed E-state index contributed by atoms with van der Waals surface area (Å²) in [5, 5.41) is 3.35. The van der Waals surface area contributed by atoms with Gasteiger partial charge in [0.15, 0.2) is 0 Å². The van der Waals surface area contributed by atoms with Crippen molar-refractivity contribution in [1.29, 1.82) is 0 Å². The molecule has 1 N–H and O–H groups in total. The molecule has 0 radical (unpaired) electrons. The van der Waals surface area contributed by atoms with Crippen LogP contribution in [0.2, 0.25) is 10.0 Å². The molecule has 7 heteroatoms. The van der Waals surface area contributed by atoms with Crippen LogP contribution in [0.5, 0.6) is 0 Å². The first-order valence-electron chi connectivity index (χ1n) is 10.4. The summed E-state index contributed by atoms with van der Waals surface area (Å²) in [5.41, 5.74) is 1.31. The average molecular weight is 453 g/mol. The Bertz CT molecular complexity index is 1140. The fourth-order valence-corrected chi connectivity index (χ4v) is 6.12. The predicted octanol–water partition coefficient (Wildman–Crippen LogP) is 4.80. The van der Waals surface area contributed by atoms with Gasteiger partial charge in [-0.25, -0.2) is 0 Å². The maximum atomic E-state index is 13.2. The molecule has 1 heterocycles. The smallest absolute Gasteiger partial charge is 0.255 e. The summed E-state index contributed by atoms with van der Waals surface area (Å²) in [6.45, 7) is 0. The molecule has 4 aliphatic carbocycles. The number of halogens is 2. The van der Waals surface area contributed by atoms with Crippen molar-refractivity contribution in [1.82, 2.24) is 0 Å². The quantitative estimate of drug-likeness (QED) is 0.536. The first-order chi connectivity index (χ1) is 15.0. The molecular weight excluding hydrogens is 435 g/mol. The fourth-order valence-electron chi connectivity index (χ4n) is 5.77. The van der Waals surface area contributed by atoms with Gasteiger partial charge in [0.1, 0.15) is 0 Å². The van der Waals surface area contributed by atoms with Crippen molar-refractivity contribution < 1.29 is 14.4 Å². The molecule has 1 aliphatic heterocycles. The number of hydrogen-bond acceptors (Lipinski definition) is 3. The molecule has 0 unspecified atom stereocenters. The van der Waals surface area contributed by atoms with Crippen LogP contribution >= 0.6 is 23.2 Å². The Morgan fingerprint density at radius 3 is 2.13 bits per heavy atom. The zero-order chi connectivity index (χ0) is 21.4. The van der Waals surface area contributed by atoms with E-state index in [9.17, 15) is 14.4 Å². The molecule has 1 saturated heterocycles. The molecule has 6 atom stereocenters. The number of allylic oxidation sites excluding steroid dienone is 2. The van der Waals surface area contributed by atoms with Crippen LogP contribution in [0.4, 0.5) is 11.4 Å². The molecule has 5 nitrogen and oxygen atoms in total. The van der Waals surface area contributed by atoms with Crippen LogP contribution < -0.4 is 10.2 Å². The van der Waals surface area contributed by atoms with Crippen LogP contribution in [0.3, 0.4) is 0 Å². The minimum atomic E-state index is -0.356. The second-order valence-electron chi connectivity index (χ2n) is 8.77. The third kappa shape index (κ3) is 2.73. The van der Waals surface area contributed by atoms with E-state index in [-0.39, 0.29) is 46.4 Å². The zero-order valence-corrected chi connectivity index (χ0v) is 17.8. The van der Waals surface area contributed by atoms with Crippen molar-refractivity contribution in [3.8, 4) is 0 Å². The molecule has 5 aliphatic rings. The van der Waals surface area contributed by atoms with Crippen molar-refractivity contribution in [3.05, 3.63) is 70.2 Å². The Hall–Kier alpha value is -2.63. The lowest BCUT2D eigenvalue weighted by atomic mass is 9.63. The van der Waals surface area contributed by atoms with E-state index in [1.807, 2.05) is 0 Å². The van der Waals surface area contributed by atoms with E-state index in [4.69, 9.17) is 23.2 Å². The molecule has 156 valence electrons. The van der Waals surface area contributed by atoms with Gasteiger partial charge in [0.25, 0.3) is 5.91 Å². The number of nitrogens with one attached hydrogen (secondary N) is 1. The summed E-state index contributed by atoms with van der Waals surface area (Å²) in [5.74, 6) is 0.465. The lowest BCUT2D eigenvalue weighted by molar-refractivity contribution is -0.124. The Morgan fingerprint density at radius 2 is 1.52 bits per heavy atom. The van der Waals surface area contributed by atoms with Gasteiger partial charge >= 0.3 is 0 Å². The van der Waals surface area contributed by atoms with E-state index < -0.39 is 0 Å². The van der Waals surface area contributed by atoms with Crippen molar-refractivity contribution in [2.75, 3.05) is 10.2 Å². The van der Waals surface area contributed by atoms with Crippen LogP contribution in [-0.4, -0.2) is 17.7 Å². The minimum Gasteiger partial charge on any atom is -0.321 e. The predicted molar refractivity (Wildman–Crippen MR) is 118 cm³/mol. The van der Waals surface area contributed by atoms with E-state index in [0.717, 1.165) is 6.42 Å². The van der Waals surface area contributed by atoms with Gasteiger partial charge in [-0.2, -0.15) is 0 Å². The Labute approximate surface area is 189 Å². The van der Waals surface area contributed by atoms with Crippen molar-refractivity contribution in [2.24, 2.45) is 35.5 Å². The third-order valence-electron chi connectivity index (χ3n) is 7.25. The van der Waals surface area contributed by atoms with Crippen molar-refractivity contribution in [2.45, 2.75) is 6.42 Å². The minimum absolute atomic E-state index is 0.109. The Kier molecular flexibility index (Phi) is 4.11. The molecular formula is C24H18Cl2N2O3. The zero-order valence-electron chi connectivity index (χ0n) is 16.3. The SMILES string of the molecule is O=C(Nc1cccc(Cl)c1Cl)c1ccc(N2C(=O)[C@H]3[C@@H]4C=C[C@H]([C@H]5C[C@H]45)[C@@H]3C2=O)cc1. The van der Waals surface area contributed by atoms with E-state index in [1.54, 1.807) is 42.5 Å². The Balaban J connectivity index is 1.24. The molecule has 0 aromatic heterocycles. The summed E-state index contributed by atoms with van der Waals surface area (Å²) in [7, 11) is 0. The highest BCUT2D eigenvalue weighted by molar-refractivity contribution is 6.44. The second-order valence-corrected chi connectivity index (χ2v) is 9.55. The summed E-state index contributed by atoms with van der Waals surface area (Å²) in [6.07, 6.45) is 5.45. The Morgan fingerprint density at radius 1 is 0.903 bits per heavy atom. The van der Waals surface area contributed by atoms with E-state index in [2.05, 4.69) is 17.5 Å². The van der Waals surface area contributed by atoms with Gasteiger partial charge in [0.05, 0.1) is 33.3 Å². The van der Waals surface area contributed by atoms with Gasteiger partial charge < -0.3 is 5.32 Å². The summed E-state index contributed by atoms with van der Waals surface area (Å²) in [4.78, 5) is 40.3. The highest BCUT2D eigenvalue weighted by atomic mass is 35.5. The lowest BCUT2D eigenvalue weighted by Crippen LogP contribution is -2.40. The summed E-state index contributed by atoms with van der Waals surface area (Å²) in [6, 6.07) is 11.5. The molecule has 2 bridgehead atoms. The van der Waals surface area contributed by atoms with Crippen LogP contribution in [0, 0.1) is 35.5 Å².